The van der Waals surface area contributed by atoms with Gasteiger partial charge in [-0.15, -0.1) is 0 Å². The molecule has 0 aliphatic carbocycles. The van der Waals surface area contributed by atoms with E-state index in [-0.39, 0.29) is 16.7 Å². The first-order chi connectivity index (χ1) is 13.6. The molecule has 1 aliphatic rings. The minimum atomic E-state index is -0.820. The van der Waals surface area contributed by atoms with Gasteiger partial charge in [-0.1, -0.05) is 53.6 Å². The summed E-state index contributed by atoms with van der Waals surface area (Å²) in [5.41, 5.74) is 1.57. The third-order valence-corrected chi connectivity index (χ3v) is 4.25. The van der Waals surface area contributed by atoms with Crippen LogP contribution in [0.3, 0.4) is 0 Å². The zero-order valence-corrected chi connectivity index (χ0v) is 14.7. The average Bonchev–Trinajstić information content (AvgIpc) is 2.98. The van der Waals surface area contributed by atoms with Crippen molar-refractivity contribution in [1.82, 2.24) is 5.06 Å². The summed E-state index contributed by atoms with van der Waals surface area (Å²) in [6.45, 7) is 0.345. The molecule has 3 aromatic rings. The van der Waals surface area contributed by atoms with Crippen molar-refractivity contribution < 1.29 is 24.0 Å². The van der Waals surface area contributed by atoms with E-state index < -0.39 is 17.8 Å². The van der Waals surface area contributed by atoms with Gasteiger partial charge in [0, 0.05) is 0 Å². The van der Waals surface area contributed by atoms with Gasteiger partial charge in [0.1, 0.15) is 12.4 Å². The second-order valence-electron chi connectivity index (χ2n) is 6.13. The van der Waals surface area contributed by atoms with Crippen molar-refractivity contribution in [3.05, 3.63) is 101 Å². The molecular formula is C22H15NO5. The minimum absolute atomic E-state index is 0.169. The summed E-state index contributed by atoms with van der Waals surface area (Å²) in [7, 11) is 0. The van der Waals surface area contributed by atoms with Gasteiger partial charge >= 0.3 is 5.97 Å². The molecule has 1 heterocycles. The van der Waals surface area contributed by atoms with E-state index in [0.29, 0.717) is 17.4 Å². The highest BCUT2D eigenvalue weighted by atomic mass is 16.7. The van der Waals surface area contributed by atoms with Crippen LogP contribution in [0.25, 0.3) is 0 Å². The number of imide groups is 1. The van der Waals surface area contributed by atoms with Crippen molar-refractivity contribution in [2.24, 2.45) is 0 Å². The first-order valence-electron chi connectivity index (χ1n) is 8.60. The van der Waals surface area contributed by atoms with Gasteiger partial charge in [0.15, 0.2) is 0 Å². The summed E-state index contributed by atoms with van der Waals surface area (Å²) >= 11 is 0. The number of carbonyl (C=O) groups excluding carboxylic acids is 3. The molecular weight excluding hydrogens is 358 g/mol. The van der Waals surface area contributed by atoms with Crippen LogP contribution in [0, 0.1) is 0 Å². The van der Waals surface area contributed by atoms with Gasteiger partial charge in [0.2, 0.25) is 0 Å². The van der Waals surface area contributed by atoms with Crippen LogP contribution in [0.5, 0.6) is 5.75 Å². The summed E-state index contributed by atoms with van der Waals surface area (Å²) in [6, 6.07) is 22.3. The van der Waals surface area contributed by atoms with Crippen LogP contribution in [0.1, 0.15) is 36.6 Å². The van der Waals surface area contributed by atoms with Crippen LogP contribution in [0.4, 0.5) is 0 Å². The van der Waals surface area contributed by atoms with E-state index in [1.165, 1.54) is 24.3 Å². The largest absolute Gasteiger partial charge is 0.489 e. The Morgan fingerprint density at radius 3 is 2.11 bits per heavy atom. The third kappa shape index (κ3) is 3.35. The maximum Gasteiger partial charge on any atom is 0.364 e. The fourth-order valence-corrected chi connectivity index (χ4v) is 2.84. The summed E-state index contributed by atoms with van der Waals surface area (Å²) < 4.78 is 5.69. The molecule has 0 saturated carbocycles. The van der Waals surface area contributed by atoms with E-state index in [4.69, 9.17) is 9.57 Å². The maximum atomic E-state index is 12.4. The number of amides is 2. The average molecular weight is 373 g/mol. The Morgan fingerprint density at radius 2 is 1.43 bits per heavy atom. The number of ether oxygens (including phenoxy) is 1. The monoisotopic (exact) mass is 373 g/mol. The third-order valence-electron chi connectivity index (χ3n) is 4.25. The van der Waals surface area contributed by atoms with Gasteiger partial charge in [-0.3, -0.25) is 9.59 Å². The highest BCUT2D eigenvalue weighted by Crippen LogP contribution is 2.24. The van der Waals surface area contributed by atoms with Crippen molar-refractivity contribution >= 4 is 17.8 Å². The predicted molar refractivity (Wildman–Crippen MR) is 99.6 cm³/mol. The van der Waals surface area contributed by atoms with E-state index in [9.17, 15) is 14.4 Å². The van der Waals surface area contributed by atoms with E-state index in [2.05, 4.69) is 0 Å². The van der Waals surface area contributed by atoms with E-state index >= 15 is 0 Å². The molecule has 0 atom stereocenters. The zero-order valence-electron chi connectivity index (χ0n) is 14.7. The van der Waals surface area contributed by atoms with Crippen LogP contribution < -0.4 is 4.74 Å². The molecule has 138 valence electrons. The van der Waals surface area contributed by atoms with E-state index in [1.807, 2.05) is 30.3 Å². The molecule has 3 aromatic carbocycles. The molecule has 2 amide bonds. The zero-order chi connectivity index (χ0) is 19.5. The Balaban J connectivity index is 1.46. The predicted octanol–water partition coefficient (Wildman–Crippen LogP) is 3.63. The molecule has 0 fully saturated rings. The normalized spacial score (nSPS) is 12.6. The molecule has 0 bridgehead atoms. The molecule has 6 nitrogen and oxygen atoms in total. The molecule has 0 spiro atoms. The van der Waals surface area contributed by atoms with Crippen LogP contribution in [0.2, 0.25) is 0 Å². The molecule has 0 saturated heterocycles. The van der Waals surface area contributed by atoms with Crippen molar-refractivity contribution in [2.45, 2.75) is 6.61 Å². The number of hydroxylamine groups is 2. The SMILES string of the molecule is O=C(ON1C(=O)c2ccccc2C1=O)c1cccc(OCc2ccccc2)c1. The Hall–Kier alpha value is -3.93. The molecule has 6 heteroatoms. The highest BCUT2D eigenvalue weighted by Gasteiger charge is 2.38. The first kappa shape index (κ1) is 17.5. The van der Waals surface area contributed by atoms with E-state index in [1.54, 1.807) is 24.3 Å². The second kappa shape index (κ2) is 7.36. The number of hydrogen-bond acceptors (Lipinski definition) is 5. The maximum absolute atomic E-state index is 12.4. The lowest BCUT2D eigenvalue weighted by Gasteiger charge is -2.13. The fraction of sp³-hybridized carbons (Fsp3) is 0.0455. The molecule has 0 unspecified atom stereocenters. The van der Waals surface area contributed by atoms with Gasteiger partial charge in [0.05, 0.1) is 16.7 Å². The van der Waals surface area contributed by atoms with Gasteiger partial charge in [-0.05, 0) is 35.9 Å². The number of benzene rings is 3. The molecule has 28 heavy (non-hydrogen) atoms. The lowest BCUT2D eigenvalue weighted by Crippen LogP contribution is -2.32. The van der Waals surface area contributed by atoms with Crippen molar-refractivity contribution in [3.63, 3.8) is 0 Å². The lowest BCUT2D eigenvalue weighted by atomic mass is 10.1. The second-order valence-corrected chi connectivity index (χ2v) is 6.13. The topological polar surface area (TPSA) is 72.9 Å². The van der Waals surface area contributed by atoms with Crippen LogP contribution >= 0.6 is 0 Å². The molecule has 1 aliphatic heterocycles. The number of hydrogen-bond donors (Lipinski definition) is 0. The Morgan fingerprint density at radius 1 is 0.786 bits per heavy atom. The molecule has 0 N–H and O–H groups in total. The Labute approximate surface area is 160 Å². The van der Waals surface area contributed by atoms with Crippen molar-refractivity contribution in [1.29, 1.82) is 0 Å². The van der Waals surface area contributed by atoms with E-state index in [0.717, 1.165) is 5.56 Å². The quantitative estimate of drug-likeness (QED) is 0.639. The number of nitrogens with zero attached hydrogens (tertiary/aromatic N) is 1. The minimum Gasteiger partial charge on any atom is -0.489 e. The van der Waals surface area contributed by atoms with Gasteiger partial charge in [-0.25, -0.2) is 4.79 Å². The fourth-order valence-electron chi connectivity index (χ4n) is 2.84. The Kier molecular flexibility index (Phi) is 4.60. The Bertz CT molecular complexity index is 1030. The van der Waals surface area contributed by atoms with Crippen molar-refractivity contribution in [2.75, 3.05) is 0 Å². The standard InChI is InChI=1S/C22H15NO5/c24-20-18-11-4-5-12-19(18)21(25)23(20)28-22(26)16-9-6-10-17(13-16)27-14-15-7-2-1-3-8-15/h1-13H,14H2. The van der Waals surface area contributed by atoms with Gasteiger partial charge in [0.25, 0.3) is 11.8 Å². The number of rotatable bonds is 5. The van der Waals surface area contributed by atoms with Crippen LogP contribution in [0.15, 0.2) is 78.9 Å². The number of fused-ring (bicyclic) bond motifs is 1. The first-order valence-corrected chi connectivity index (χ1v) is 8.60. The van der Waals surface area contributed by atoms with Gasteiger partial charge in [-0.2, -0.15) is 0 Å². The summed E-state index contributed by atoms with van der Waals surface area (Å²) in [6.07, 6.45) is 0. The molecule has 0 aromatic heterocycles. The van der Waals surface area contributed by atoms with Crippen molar-refractivity contribution in [3.8, 4) is 5.75 Å². The van der Waals surface area contributed by atoms with Gasteiger partial charge < -0.3 is 9.57 Å². The summed E-state index contributed by atoms with van der Waals surface area (Å²) in [5, 5.41) is 0.491. The summed E-state index contributed by atoms with van der Waals surface area (Å²) in [5.74, 6) is -1.67. The van der Waals surface area contributed by atoms with Crippen LogP contribution in [-0.4, -0.2) is 22.8 Å². The molecule has 4 rings (SSSR count). The number of carbonyl (C=O) groups is 3. The summed E-state index contributed by atoms with van der Waals surface area (Å²) in [4.78, 5) is 42.1. The van der Waals surface area contributed by atoms with Crippen LogP contribution in [-0.2, 0) is 11.4 Å². The smallest absolute Gasteiger partial charge is 0.364 e. The highest BCUT2D eigenvalue weighted by molar-refractivity contribution is 6.21. The lowest BCUT2D eigenvalue weighted by molar-refractivity contribution is -0.0584. The molecule has 0 radical (unpaired) electrons.